The molecule has 0 unspecified atom stereocenters. The van der Waals surface area contributed by atoms with Crippen molar-refractivity contribution in [3.63, 3.8) is 0 Å². The van der Waals surface area contributed by atoms with Gasteiger partial charge in [0.1, 0.15) is 5.75 Å². The van der Waals surface area contributed by atoms with E-state index in [-0.39, 0.29) is 4.90 Å². The summed E-state index contributed by atoms with van der Waals surface area (Å²) in [6, 6.07) is 11.3. The Morgan fingerprint density at radius 1 is 1.10 bits per heavy atom. The highest BCUT2D eigenvalue weighted by molar-refractivity contribution is 7.92. The maximum Gasteiger partial charge on any atom is 0.261 e. The van der Waals surface area contributed by atoms with E-state index in [1.54, 1.807) is 24.3 Å². The number of ether oxygens (including phenoxy) is 1. The Morgan fingerprint density at radius 2 is 1.75 bits per heavy atom. The quantitative estimate of drug-likeness (QED) is 0.848. The zero-order valence-electron chi connectivity index (χ0n) is 11.3. The van der Waals surface area contributed by atoms with Crippen LogP contribution < -0.4 is 15.2 Å². The van der Waals surface area contributed by atoms with Crippen molar-refractivity contribution in [2.75, 3.05) is 17.6 Å². The molecule has 106 valence electrons. The molecule has 0 heterocycles. The standard InChI is InChI=1S/C14H16N2O3S/c1-10-3-8-13(15)14(9-10)16-20(17,18)12-6-4-11(19-2)5-7-12/h3-9,16H,15H2,1-2H3. The van der Waals surface area contributed by atoms with Gasteiger partial charge in [-0.3, -0.25) is 4.72 Å². The molecule has 0 saturated carbocycles. The molecule has 6 heteroatoms. The number of nitrogens with one attached hydrogen (secondary N) is 1. The predicted molar refractivity (Wildman–Crippen MR) is 79.4 cm³/mol. The van der Waals surface area contributed by atoms with Crippen molar-refractivity contribution in [3.05, 3.63) is 48.0 Å². The predicted octanol–water partition coefficient (Wildman–Crippen LogP) is 2.39. The lowest BCUT2D eigenvalue weighted by atomic mass is 10.2. The molecule has 2 aromatic rings. The summed E-state index contributed by atoms with van der Waals surface area (Å²) in [5.74, 6) is 0.596. The second-order valence-corrected chi connectivity index (χ2v) is 6.05. The van der Waals surface area contributed by atoms with Crippen molar-refractivity contribution >= 4 is 21.4 Å². The Hall–Kier alpha value is -2.21. The Kier molecular flexibility index (Phi) is 3.85. The van der Waals surface area contributed by atoms with Gasteiger partial charge in [-0.2, -0.15) is 0 Å². The molecule has 0 fully saturated rings. The fourth-order valence-corrected chi connectivity index (χ4v) is 2.80. The number of hydrogen-bond acceptors (Lipinski definition) is 4. The van der Waals surface area contributed by atoms with Crippen LogP contribution in [-0.4, -0.2) is 15.5 Å². The molecule has 0 spiro atoms. The Morgan fingerprint density at radius 3 is 2.35 bits per heavy atom. The maximum atomic E-state index is 12.3. The van der Waals surface area contributed by atoms with E-state index >= 15 is 0 Å². The number of hydrogen-bond donors (Lipinski definition) is 2. The Balaban J connectivity index is 2.32. The Labute approximate surface area is 118 Å². The minimum Gasteiger partial charge on any atom is -0.497 e. The summed E-state index contributed by atoms with van der Waals surface area (Å²) in [5, 5.41) is 0. The van der Waals surface area contributed by atoms with Crippen LogP contribution in [0.3, 0.4) is 0 Å². The van der Waals surface area contributed by atoms with Crippen molar-refractivity contribution < 1.29 is 13.2 Å². The number of rotatable bonds is 4. The third-order valence-corrected chi connectivity index (χ3v) is 4.20. The van der Waals surface area contributed by atoms with Crippen molar-refractivity contribution in [3.8, 4) is 5.75 Å². The zero-order valence-corrected chi connectivity index (χ0v) is 12.1. The summed E-state index contributed by atoms with van der Waals surface area (Å²) in [6.45, 7) is 1.87. The lowest BCUT2D eigenvalue weighted by molar-refractivity contribution is 0.414. The molecule has 2 aromatic carbocycles. The first kappa shape index (κ1) is 14.2. The summed E-state index contributed by atoms with van der Waals surface area (Å²) in [4.78, 5) is 0.152. The van der Waals surface area contributed by atoms with Gasteiger partial charge in [0.2, 0.25) is 0 Å². The summed E-state index contributed by atoms with van der Waals surface area (Å²) in [7, 11) is -2.14. The number of nitrogens with two attached hydrogens (primary N) is 1. The average molecular weight is 292 g/mol. The van der Waals surface area contributed by atoms with E-state index in [1.807, 2.05) is 13.0 Å². The van der Waals surface area contributed by atoms with Gasteiger partial charge in [0.15, 0.2) is 0 Å². The SMILES string of the molecule is COc1ccc(S(=O)(=O)Nc2cc(C)ccc2N)cc1. The number of sulfonamides is 1. The van der Waals surface area contributed by atoms with Crippen molar-refractivity contribution in [2.45, 2.75) is 11.8 Å². The van der Waals surface area contributed by atoms with Crippen LogP contribution in [-0.2, 0) is 10.0 Å². The molecule has 20 heavy (non-hydrogen) atoms. The lowest BCUT2D eigenvalue weighted by Crippen LogP contribution is -2.14. The molecule has 0 bridgehead atoms. The number of nitrogen functional groups attached to an aromatic ring is 1. The van der Waals surface area contributed by atoms with E-state index in [4.69, 9.17) is 10.5 Å². The van der Waals surface area contributed by atoms with Crippen LogP contribution in [0.4, 0.5) is 11.4 Å². The van der Waals surface area contributed by atoms with E-state index in [0.29, 0.717) is 17.1 Å². The van der Waals surface area contributed by atoms with Gasteiger partial charge >= 0.3 is 0 Å². The van der Waals surface area contributed by atoms with Gasteiger partial charge in [0, 0.05) is 0 Å². The summed E-state index contributed by atoms with van der Waals surface area (Å²) in [6.07, 6.45) is 0. The summed E-state index contributed by atoms with van der Waals surface area (Å²) < 4.78 is 32.0. The van der Waals surface area contributed by atoms with Crippen LogP contribution in [0.2, 0.25) is 0 Å². The molecule has 0 saturated heterocycles. The molecule has 3 N–H and O–H groups in total. The van der Waals surface area contributed by atoms with Gasteiger partial charge in [-0.05, 0) is 48.9 Å². The van der Waals surface area contributed by atoms with Gasteiger partial charge in [0.05, 0.1) is 23.4 Å². The third kappa shape index (κ3) is 3.03. The van der Waals surface area contributed by atoms with Crippen LogP contribution >= 0.6 is 0 Å². The smallest absolute Gasteiger partial charge is 0.261 e. The molecule has 5 nitrogen and oxygen atoms in total. The third-order valence-electron chi connectivity index (χ3n) is 2.82. The van der Waals surface area contributed by atoms with E-state index in [9.17, 15) is 8.42 Å². The molecular formula is C14H16N2O3S. The normalized spacial score (nSPS) is 11.1. The van der Waals surface area contributed by atoms with E-state index in [0.717, 1.165) is 5.56 Å². The molecule has 0 atom stereocenters. The number of benzene rings is 2. The molecule has 0 aliphatic carbocycles. The van der Waals surface area contributed by atoms with E-state index < -0.39 is 10.0 Å². The fourth-order valence-electron chi connectivity index (χ4n) is 1.72. The molecular weight excluding hydrogens is 276 g/mol. The molecule has 2 rings (SSSR count). The second-order valence-electron chi connectivity index (χ2n) is 4.37. The number of aryl methyl sites for hydroxylation is 1. The molecule has 0 amide bonds. The topological polar surface area (TPSA) is 81.4 Å². The largest absolute Gasteiger partial charge is 0.497 e. The van der Waals surface area contributed by atoms with Crippen LogP contribution in [0, 0.1) is 6.92 Å². The Bertz CT molecular complexity index is 710. The first-order valence-electron chi connectivity index (χ1n) is 5.95. The van der Waals surface area contributed by atoms with Crippen molar-refractivity contribution in [1.82, 2.24) is 0 Å². The minimum absolute atomic E-state index is 0.152. The first-order chi connectivity index (χ1) is 9.42. The molecule has 0 aliphatic rings. The van der Waals surface area contributed by atoms with Crippen LogP contribution in [0.25, 0.3) is 0 Å². The van der Waals surface area contributed by atoms with Crippen LogP contribution in [0.15, 0.2) is 47.4 Å². The van der Waals surface area contributed by atoms with Crippen LogP contribution in [0.5, 0.6) is 5.75 Å². The fraction of sp³-hybridized carbons (Fsp3) is 0.143. The van der Waals surface area contributed by atoms with Gasteiger partial charge < -0.3 is 10.5 Å². The van der Waals surface area contributed by atoms with Gasteiger partial charge in [0.25, 0.3) is 10.0 Å². The highest BCUT2D eigenvalue weighted by atomic mass is 32.2. The summed E-state index contributed by atoms with van der Waals surface area (Å²) in [5.41, 5.74) is 7.45. The first-order valence-corrected chi connectivity index (χ1v) is 7.44. The lowest BCUT2D eigenvalue weighted by Gasteiger charge is -2.11. The zero-order chi connectivity index (χ0) is 14.8. The highest BCUT2D eigenvalue weighted by Gasteiger charge is 2.15. The van der Waals surface area contributed by atoms with Gasteiger partial charge in [-0.25, -0.2) is 8.42 Å². The highest BCUT2D eigenvalue weighted by Crippen LogP contribution is 2.24. The van der Waals surface area contributed by atoms with Gasteiger partial charge in [-0.1, -0.05) is 6.07 Å². The van der Waals surface area contributed by atoms with Crippen molar-refractivity contribution in [2.24, 2.45) is 0 Å². The maximum absolute atomic E-state index is 12.3. The molecule has 0 aliphatic heterocycles. The number of anilines is 2. The second kappa shape index (κ2) is 5.42. The summed E-state index contributed by atoms with van der Waals surface area (Å²) >= 11 is 0. The van der Waals surface area contributed by atoms with Gasteiger partial charge in [-0.15, -0.1) is 0 Å². The molecule has 0 radical (unpaired) electrons. The number of methoxy groups -OCH3 is 1. The van der Waals surface area contributed by atoms with Crippen LogP contribution in [0.1, 0.15) is 5.56 Å². The van der Waals surface area contributed by atoms with Crippen molar-refractivity contribution in [1.29, 1.82) is 0 Å². The average Bonchev–Trinajstić information content (AvgIpc) is 2.43. The minimum atomic E-state index is -3.66. The van der Waals surface area contributed by atoms with E-state index in [1.165, 1.54) is 19.2 Å². The monoisotopic (exact) mass is 292 g/mol. The molecule has 0 aromatic heterocycles. The van der Waals surface area contributed by atoms with E-state index in [2.05, 4.69) is 4.72 Å².